The van der Waals surface area contributed by atoms with Crippen molar-refractivity contribution in [3.63, 3.8) is 0 Å². The molecule has 2 radical (unpaired) electrons. The number of hydrogen-bond acceptors (Lipinski definition) is 1. The van der Waals surface area contributed by atoms with E-state index in [0.717, 1.165) is 10.9 Å². The van der Waals surface area contributed by atoms with Gasteiger partial charge in [-0.05, 0) is 17.5 Å². The van der Waals surface area contributed by atoms with Gasteiger partial charge < -0.3 is 9.78 Å². The lowest BCUT2D eigenvalue weighted by Gasteiger charge is -1.94. The zero-order valence-corrected chi connectivity index (χ0v) is 6.37. The second-order valence-corrected chi connectivity index (χ2v) is 2.64. The molecule has 0 amide bonds. The molecular formula is C9H6BNO. The second-order valence-electron chi connectivity index (χ2n) is 2.64. The summed E-state index contributed by atoms with van der Waals surface area (Å²) in [5, 5.41) is 1.08. The minimum absolute atomic E-state index is 0.397. The van der Waals surface area contributed by atoms with Gasteiger partial charge in [0.1, 0.15) is 5.68 Å². The summed E-state index contributed by atoms with van der Waals surface area (Å²) in [6.45, 7) is 0. The standard InChI is InChI=1S/C9H6BNO/c10-9(12)7-2-1-6-3-4-11-8(6)5-7/h1-5,11H. The van der Waals surface area contributed by atoms with Crippen LogP contribution < -0.4 is 0 Å². The number of carbonyl (C=O) groups excluding carboxylic acids is 1. The number of aromatic amines is 1. The number of benzene rings is 1. The SMILES string of the molecule is [B]C(=O)c1ccc2cc[nH]c2c1. The fourth-order valence-electron chi connectivity index (χ4n) is 1.20. The number of aromatic nitrogens is 1. The maximum absolute atomic E-state index is 10.8. The number of nitrogens with one attached hydrogen (secondary N) is 1. The molecule has 56 valence electrons. The zero-order chi connectivity index (χ0) is 8.55. The number of hydrogen-bond donors (Lipinski definition) is 1. The zero-order valence-electron chi connectivity index (χ0n) is 6.37. The Kier molecular flexibility index (Phi) is 1.50. The Morgan fingerprint density at radius 3 is 2.92 bits per heavy atom. The maximum atomic E-state index is 10.8. The van der Waals surface area contributed by atoms with Crippen molar-refractivity contribution in [2.24, 2.45) is 0 Å². The van der Waals surface area contributed by atoms with Crippen LogP contribution in [0.5, 0.6) is 0 Å². The molecule has 0 aliphatic heterocycles. The molecule has 0 bridgehead atoms. The van der Waals surface area contributed by atoms with Crippen LogP contribution in [-0.2, 0) is 0 Å². The Labute approximate surface area is 71.0 Å². The lowest BCUT2D eigenvalue weighted by molar-refractivity contribution is 0.108. The monoisotopic (exact) mass is 155 g/mol. The van der Waals surface area contributed by atoms with Crippen molar-refractivity contribution in [3.8, 4) is 0 Å². The van der Waals surface area contributed by atoms with E-state index in [9.17, 15) is 4.79 Å². The van der Waals surface area contributed by atoms with Gasteiger partial charge in [-0.2, -0.15) is 0 Å². The lowest BCUT2D eigenvalue weighted by Crippen LogP contribution is -1.95. The van der Waals surface area contributed by atoms with E-state index in [0.29, 0.717) is 5.56 Å². The molecule has 0 spiro atoms. The van der Waals surface area contributed by atoms with Crippen LogP contribution in [0, 0.1) is 0 Å². The highest BCUT2D eigenvalue weighted by molar-refractivity contribution is 6.62. The Balaban J connectivity index is 2.68. The summed E-state index contributed by atoms with van der Waals surface area (Å²) < 4.78 is 0. The van der Waals surface area contributed by atoms with Gasteiger partial charge in [0.2, 0.25) is 0 Å². The number of H-pyrrole nitrogens is 1. The van der Waals surface area contributed by atoms with Crippen LogP contribution in [0.15, 0.2) is 30.5 Å². The van der Waals surface area contributed by atoms with Crippen LogP contribution in [0.1, 0.15) is 10.4 Å². The molecule has 1 aromatic heterocycles. The van der Waals surface area contributed by atoms with E-state index in [1.54, 1.807) is 12.1 Å². The van der Waals surface area contributed by atoms with Gasteiger partial charge in [0.15, 0.2) is 7.85 Å². The summed E-state index contributed by atoms with van der Waals surface area (Å²) in [7, 11) is 5.12. The van der Waals surface area contributed by atoms with E-state index in [1.807, 2.05) is 18.3 Å². The average Bonchev–Trinajstić information content (AvgIpc) is 2.49. The molecule has 0 aliphatic carbocycles. The summed E-state index contributed by atoms with van der Waals surface area (Å²) in [4.78, 5) is 13.8. The molecule has 2 nitrogen and oxygen atoms in total. The van der Waals surface area contributed by atoms with Crippen LogP contribution in [0.2, 0.25) is 0 Å². The fraction of sp³-hybridized carbons (Fsp3) is 0. The van der Waals surface area contributed by atoms with Gasteiger partial charge >= 0.3 is 0 Å². The number of fused-ring (bicyclic) bond motifs is 1. The van der Waals surface area contributed by atoms with Crippen molar-refractivity contribution < 1.29 is 4.79 Å². The summed E-state index contributed by atoms with van der Waals surface area (Å²) in [5.41, 5.74) is 1.07. The van der Waals surface area contributed by atoms with Crippen molar-refractivity contribution in [2.75, 3.05) is 0 Å². The van der Waals surface area contributed by atoms with Gasteiger partial charge in [0.05, 0.1) is 0 Å². The minimum atomic E-state index is -0.397. The van der Waals surface area contributed by atoms with E-state index in [2.05, 4.69) is 4.98 Å². The highest BCUT2D eigenvalue weighted by atomic mass is 16.1. The summed E-state index contributed by atoms with van der Waals surface area (Å²) in [6.07, 6.45) is 1.83. The summed E-state index contributed by atoms with van der Waals surface area (Å²) >= 11 is 0. The van der Waals surface area contributed by atoms with E-state index < -0.39 is 5.68 Å². The van der Waals surface area contributed by atoms with E-state index in [4.69, 9.17) is 7.85 Å². The Hall–Kier alpha value is -1.51. The molecule has 0 fully saturated rings. The van der Waals surface area contributed by atoms with Gasteiger partial charge in [-0.1, -0.05) is 12.1 Å². The van der Waals surface area contributed by atoms with Gasteiger partial charge in [-0.15, -0.1) is 0 Å². The minimum Gasteiger partial charge on any atom is -0.361 e. The number of carbonyl (C=O) groups is 1. The highest BCUT2D eigenvalue weighted by Crippen LogP contribution is 2.13. The molecule has 0 saturated carbocycles. The Morgan fingerprint density at radius 1 is 1.33 bits per heavy atom. The third kappa shape index (κ3) is 1.03. The molecule has 1 N–H and O–H groups in total. The van der Waals surface area contributed by atoms with E-state index in [1.165, 1.54) is 0 Å². The molecule has 0 saturated heterocycles. The third-order valence-electron chi connectivity index (χ3n) is 1.84. The van der Waals surface area contributed by atoms with Crippen molar-refractivity contribution in [1.82, 2.24) is 4.98 Å². The van der Waals surface area contributed by atoms with Gasteiger partial charge in [-0.3, -0.25) is 0 Å². The van der Waals surface area contributed by atoms with Crippen molar-refractivity contribution in [3.05, 3.63) is 36.0 Å². The Morgan fingerprint density at radius 2 is 2.17 bits per heavy atom. The molecule has 0 unspecified atom stereocenters. The molecule has 1 heterocycles. The first-order valence-electron chi connectivity index (χ1n) is 3.64. The van der Waals surface area contributed by atoms with Crippen LogP contribution in [-0.4, -0.2) is 18.5 Å². The van der Waals surface area contributed by atoms with E-state index in [-0.39, 0.29) is 0 Å². The van der Waals surface area contributed by atoms with Crippen LogP contribution in [0.25, 0.3) is 10.9 Å². The first-order valence-corrected chi connectivity index (χ1v) is 3.64. The predicted octanol–water partition coefficient (Wildman–Crippen LogP) is 1.48. The van der Waals surface area contributed by atoms with Gasteiger partial charge in [0.25, 0.3) is 0 Å². The van der Waals surface area contributed by atoms with Gasteiger partial charge in [0, 0.05) is 17.3 Å². The smallest absolute Gasteiger partial charge is 0.175 e. The molecule has 2 rings (SSSR count). The van der Waals surface area contributed by atoms with E-state index >= 15 is 0 Å². The molecule has 12 heavy (non-hydrogen) atoms. The summed E-state index contributed by atoms with van der Waals surface area (Å²) in [6, 6.07) is 7.28. The fourth-order valence-corrected chi connectivity index (χ4v) is 1.20. The molecule has 2 aromatic rings. The normalized spacial score (nSPS) is 10.3. The molecule has 0 atom stereocenters. The second kappa shape index (κ2) is 2.52. The van der Waals surface area contributed by atoms with Crippen molar-refractivity contribution >= 4 is 24.4 Å². The molecule has 1 aromatic carbocycles. The topological polar surface area (TPSA) is 32.9 Å². The molecule has 3 heteroatoms. The largest absolute Gasteiger partial charge is 0.361 e. The highest BCUT2D eigenvalue weighted by Gasteiger charge is 1.99. The first-order chi connectivity index (χ1) is 5.77. The maximum Gasteiger partial charge on any atom is 0.175 e. The summed E-state index contributed by atoms with van der Waals surface area (Å²) in [5.74, 6) is 0. The first kappa shape index (κ1) is 7.16. The van der Waals surface area contributed by atoms with Crippen molar-refractivity contribution in [1.29, 1.82) is 0 Å². The Bertz CT molecular complexity index is 433. The number of rotatable bonds is 1. The molecule has 0 aliphatic rings. The predicted molar refractivity (Wildman–Crippen MR) is 48.4 cm³/mol. The third-order valence-corrected chi connectivity index (χ3v) is 1.84. The average molecular weight is 155 g/mol. The van der Waals surface area contributed by atoms with Crippen LogP contribution >= 0.6 is 0 Å². The van der Waals surface area contributed by atoms with Gasteiger partial charge in [-0.25, -0.2) is 0 Å². The lowest BCUT2D eigenvalue weighted by atomic mass is 9.94. The van der Waals surface area contributed by atoms with Crippen LogP contribution in [0.4, 0.5) is 0 Å². The van der Waals surface area contributed by atoms with Crippen molar-refractivity contribution in [2.45, 2.75) is 0 Å². The molecular weight excluding hydrogens is 149 g/mol. The van der Waals surface area contributed by atoms with Crippen LogP contribution in [0.3, 0.4) is 0 Å². The quantitative estimate of drug-likeness (QED) is 0.621.